The van der Waals surface area contributed by atoms with Gasteiger partial charge in [0.15, 0.2) is 5.17 Å². The second-order valence-electron chi connectivity index (χ2n) is 5.13. The fraction of sp³-hybridized carbons (Fsp3) is 0.0625. The summed E-state index contributed by atoms with van der Waals surface area (Å²) in [5.74, 6) is -0.293. The molecular formula is C16H10ClN3O5S. The number of nitrogens with zero attached hydrogens (tertiary/aromatic N) is 2. The Kier molecular flexibility index (Phi) is 4.92. The smallest absolute Gasteiger partial charge is 0.286 e. The molecule has 0 bridgehead atoms. The molecule has 10 heteroatoms. The molecule has 132 valence electrons. The second-order valence-corrected chi connectivity index (χ2v) is 6.60. The number of thioether (sulfide) groups is 1. The van der Waals surface area contributed by atoms with Crippen molar-refractivity contribution in [2.75, 3.05) is 0 Å². The van der Waals surface area contributed by atoms with Crippen molar-refractivity contribution in [3.8, 4) is 11.3 Å². The van der Waals surface area contributed by atoms with Crippen LogP contribution in [0.1, 0.15) is 12.7 Å². The van der Waals surface area contributed by atoms with Crippen molar-refractivity contribution < 1.29 is 18.9 Å². The van der Waals surface area contributed by atoms with Gasteiger partial charge in [-0.25, -0.2) is 0 Å². The van der Waals surface area contributed by atoms with Crippen LogP contribution in [0.5, 0.6) is 0 Å². The highest BCUT2D eigenvalue weighted by Crippen LogP contribution is 2.35. The van der Waals surface area contributed by atoms with E-state index in [0.29, 0.717) is 10.8 Å². The molecule has 1 aromatic carbocycles. The zero-order chi connectivity index (χ0) is 18.8. The van der Waals surface area contributed by atoms with Crippen LogP contribution < -0.4 is 5.32 Å². The lowest BCUT2D eigenvalue weighted by Crippen LogP contribution is -2.23. The summed E-state index contributed by atoms with van der Waals surface area (Å²) in [6.45, 7) is 1.31. The number of carbonyl (C=O) groups is 2. The summed E-state index contributed by atoms with van der Waals surface area (Å²) in [5.41, 5.74) is 0.0817. The maximum atomic E-state index is 11.9. The van der Waals surface area contributed by atoms with Crippen molar-refractivity contribution in [2.45, 2.75) is 6.92 Å². The molecule has 0 radical (unpaired) electrons. The molecule has 0 aliphatic carbocycles. The molecule has 0 unspecified atom stereocenters. The Labute approximate surface area is 156 Å². The summed E-state index contributed by atoms with van der Waals surface area (Å²) >= 11 is 6.92. The van der Waals surface area contributed by atoms with Crippen LogP contribution in [0.4, 0.5) is 5.69 Å². The number of nitro benzene ring substituents is 1. The normalized spacial score (nSPS) is 15.2. The zero-order valence-corrected chi connectivity index (χ0v) is 14.8. The summed E-state index contributed by atoms with van der Waals surface area (Å²) in [5, 5.41) is 14.1. The second kappa shape index (κ2) is 7.14. The van der Waals surface area contributed by atoms with E-state index in [4.69, 9.17) is 16.0 Å². The van der Waals surface area contributed by atoms with E-state index in [-0.39, 0.29) is 33.0 Å². The van der Waals surface area contributed by atoms with E-state index in [9.17, 15) is 19.7 Å². The van der Waals surface area contributed by atoms with E-state index in [1.165, 1.54) is 31.2 Å². The number of hydrogen-bond donors (Lipinski definition) is 1. The minimum Gasteiger partial charge on any atom is -0.456 e. The minimum absolute atomic E-state index is 0.148. The molecule has 2 heterocycles. The number of furan rings is 1. The lowest BCUT2D eigenvalue weighted by molar-refractivity contribution is -0.384. The third-order valence-electron chi connectivity index (χ3n) is 3.22. The Morgan fingerprint density at radius 3 is 2.85 bits per heavy atom. The molecule has 1 aliphatic heterocycles. The maximum absolute atomic E-state index is 11.9. The summed E-state index contributed by atoms with van der Waals surface area (Å²) in [7, 11) is 0. The monoisotopic (exact) mass is 391 g/mol. The minimum atomic E-state index is -0.532. The molecule has 0 saturated heterocycles. The van der Waals surface area contributed by atoms with E-state index in [1.54, 1.807) is 12.1 Å². The van der Waals surface area contributed by atoms with Crippen LogP contribution in [-0.4, -0.2) is 21.9 Å². The average Bonchev–Trinajstić information content (AvgIpc) is 3.14. The quantitative estimate of drug-likeness (QED) is 0.485. The van der Waals surface area contributed by atoms with Crippen LogP contribution in [-0.2, 0) is 9.59 Å². The molecule has 2 aromatic rings. The van der Waals surface area contributed by atoms with Crippen molar-refractivity contribution >= 4 is 52.1 Å². The predicted molar refractivity (Wildman–Crippen MR) is 97.6 cm³/mol. The summed E-state index contributed by atoms with van der Waals surface area (Å²) in [4.78, 5) is 37.5. The zero-order valence-electron chi connectivity index (χ0n) is 13.2. The standard InChI is InChI=1S/C16H10ClN3O5S/c1-8(21)18-16-19-15(22)14(26-16)7-10-3-5-13(25-10)11-6-9(17)2-4-12(11)20(23)24/h2-7H,1H3,(H,18,19,21,22)/b14-7+. The van der Waals surface area contributed by atoms with Crippen molar-refractivity contribution in [3.63, 3.8) is 0 Å². The van der Waals surface area contributed by atoms with Gasteiger partial charge in [0.05, 0.1) is 15.4 Å². The molecule has 0 saturated carbocycles. The molecule has 1 N–H and O–H groups in total. The van der Waals surface area contributed by atoms with Crippen LogP contribution >= 0.6 is 23.4 Å². The Morgan fingerprint density at radius 1 is 1.38 bits per heavy atom. The largest absolute Gasteiger partial charge is 0.456 e. The first-order valence-corrected chi connectivity index (χ1v) is 8.37. The van der Waals surface area contributed by atoms with Crippen molar-refractivity contribution in [2.24, 2.45) is 4.99 Å². The van der Waals surface area contributed by atoms with Crippen LogP contribution in [0.25, 0.3) is 17.4 Å². The molecule has 1 aromatic heterocycles. The van der Waals surface area contributed by atoms with Gasteiger partial charge in [0, 0.05) is 24.1 Å². The van der Waals surface area contributed by atoms with Gasteiger partial charge in [0.1, 0.15) is 11.5 Å². The number of carbonyl (C=O) groups excluding carboxylic acids is 2. The van der Waals surface area contributed by atoms with Gasteiger partial charge in [-0.1, -0.05) is 11.6 Å². The van der Waals surface area contributed by atoms with Gasteiger partial charge in [-0.3, -0.25) is 19.7 Å². The molecule has 26 heavy (non-hydrogen) atoms. The molecular weight excluding hydrogens is 382 g/mol. The van der Waals surface area contributed by atoms with E-state index in [1.807, 2.05) is 0 Å². The molecule has 2 amide bonds. The van der Waals surface area contributed by atoms with Gasteiger partial charge in [-0.05, 0) is 36.0 Å². The summed E-state index contributed by atoms with van der Waals surface area (Å²) in [6, 6.07) is 7.26. The van der Waals surface area contributed by atoms with Crippen LogP contribution in [0.3, 0.4) is 0 Å². The highest BCUT2D eigenvalue weighted by atomic mass is 35.5. The lowest BCUT2D eigenvalue weighted by atomic mass is 10.1. The van der Waals surface area contributed by atoms with E-state index in [2.05, 4.69) is 10.3 Å². The highest BCUT2D eigenvalue weighted by molar-refractivity contribution is 8.18. The molecule has 0 atom stereocenters. The maximum Gasteiger partial charge on any atom is 0.286 e. The van der Waals surface area contributed by atoms with Crippen LogP contribution in [0, 0.1) is 10.1 Å². The number of nitro groups is 1. The number of amidine groups is 1. The first-order chi connectivity index (χ1) is 12.3. The number of rotatable bonds is 3. The Bertz CT molecular complexity index is 996. The summed E-state index contributed by atoms with van der Waals surface area (Å²) < 4.78 is 5.60. The van der Waals surface area contributed by atoms with Crippen LogP contribution in [0.2, 0.25) is 5.02 Å². The summed E-state index contributed by atoms with van der Waals surface area (Å²) in [6.07, 6.45) is 1.45. The number of nitrogens with one attached hydrogen (secondary N) is 1. The molecule has 0 fully saturated rings. The van der Waals surface area contributed by atoms with Gasteiger partial charge in [0.2, 0.25) is 5.91 Å². The Balaban J connectivity index is 1.88. The van der Waals surface area contributed by atoms with Crippen molar-refractivity contribution in [1.82, 2.24) is 5.32 Å². The topological polar surface area (TPSA) is 115 Å². The third kappa shape index (κ3) is 3.84. The fourth-order valence-electron chi connectivity index (χ4n) is 2.18. The number of halogens is 1. The Morgan fingerprint density at radius 2 is 2.15 bits per heavy atom. The first kappa shape index (κ1) is 17.9. The number of hydrogen-bond acceptors (Lipinski definition) is 6. The molecule has 8 nitrogen and oxygen atoms in total. The van der Waals surface area contributed by atoms with Gasteiger partial charge < -0.3 is 9.73 Å². The highest BCUT2D eigenvalue weighted by Gasteiger charge is 2.24. The van der Waals surface area contributed by atoms with Gasteiger partial charge in [0.25, 0.3) is 11.6 Å². The molecule has 3 rings (SSSR count). The third-order valence-corrected chi connectivity index (χ3v) is 4.36. The van der Waals surface area contributed by atoms with Gasteiger partial charge in [-0.15, -0.1) is 0 Å². The van der Waals surface area contributed by atoms with E-state index < -0.39 is 10.8 Å². The number of amides is 2. The molecule has 0 spiro atoms. The average molecular weight is 392 g/mol. The molecule has 1 aliphatic rings. The Hall–Kier alpha value is -2.91. The van der Waals surface area contributed by atoms with Gasteiger partial charge >= 0.3 is 0 Å². The first-order valence-electron chi connectivity index (χ1n) is 7.18. The predicted octanol–water partition coefficient (Wildman–Crippen LogP) is 3.61. The van der Waals surface area contributed by atoms with Crippen molar-refractivity contribution in [3.05, 3.63) is 56.1 Å². The van der Waals surface area contributed by atoms with Gasteiger partial charge in [-0.2, -0.15) is 4.99 Å². The van der Waals surface area contributed by atoms with Crippen molar-refractivity contribution in [1.29, 1.82) is 0 Å². The number of benzene rings is 1. The van der Waals surface area contributed by atoms with E-state index in [0.717, 1.165) is 11.8 Å². The SMILES string of the molecule is CC(=O)NC1=NC(=O)/C(=C\c2ccc(-c3cc(Cl)ccc3[N+](=O)[O-])o2)S1. The fourth-order valence-corrected chi connectivity index (χ4v) is 3.19. The number of aliphatic imine (C=N–C) groups is 1. The van der Waals surface area contributed by atoms with Crippen LogP contribution in [0.15, 0.2) is 44.6 Å². The van der Waals surface area contributed by atoms with E-state index >= 15 is 0 Å². The lowest BCUT2D eigenvalue weighted by Gasteiger charge is -2.00.